The fraction of sp³-hybridized carbons (Fsp3) is 0.0588. The van der Waals surface area contributed by atoms with Crippen LogP contribution in [0.5, 0.6) is 0 Å². The van der Waals surface area contributed by atoms with Crippen molar-refractivity contribution in [2.75, 3.05) is 0 Å². The van der Waals surface area contributed by atoms with E-state index in [2.05, 4.69) is 10.3 Å². The number of amides is 1. The number of nitrogens with zero attached hydrogens (tertiary/aromatic N) is 2. The van der Waals surface area contributed by atoms with E-state index in [9.17, 15) is 14.9 Å². The first-order valence-corrected chi connectivity index (χ1v) is 7.97. The van der Waals surface area contributed by atoms with Gasteiger partial charge in [0.15, 0.2) is 5.17 Å². The molecule has 1 amide bonds. The number of amidine groups is 1. The van der Waals surface area contributed by atoms with Gasteiger partial charge in [0.25, 0.3) is 11.6 Å². The Kier molecular flexibility index (Phi) is 4.72. The number of carbonyl (C=O) groups excluding carboxylic acids is 1. The number of rotatable bonds is 4. The minimum absolute atomic E-state index is 0.00859. The number of nitro groups is 1. The van der Waals surface area contributed by atoms with Gasteiger partial charge in [0, 0.05) is 12.1 Å². The number of thioether (sulfide) groups is 1. The molecule has 24 heavy (non-hydrogen) atoms. The molecule has 1 saturated heterocycles. The average Bonchev–Trinajstić information content (AvgIpc) is 2.94. The maximum absolute atomic E-state index is 12.0. The SMILES string of the molecule is O=C1NC(=NCc2ccccc2)S/C1=C\c1cccc([N+](=O)[O-])c1. The molecule has 120 valence electrons. The van der Waals surface area contributed by atoms with E-state index in [-0.39, 0.29) is 11.6 Å². The quantitative estimate of drug-likeness (QED) is 0.526. The van der Waals surface area contributed by atoms with E-state index in [1.165, 1.54) is 23.9 Å². The highest BCUT2D eigenvalue weighted by molar-refractivity contribution is 8.18. The molecule has 1 fully saturated rings. The molecule has 1 aliphatic heterocycles. The van der Waals surface area contributed by atoms with E-state index in [1.807, 2.05) is 30.3 Å². The monoisotopic (exact) mass is 339 g/mol. The standard InChI is InChI=1S/C17H13N3O3S/c21-16-15(10-13-7-4-8-14(9-13)20(22)23)24-17(19-16)18-11-12-5-2-1-3-6-12/h1-10H,11H2,(H,18,19,21)/b15-10-. The summed E-state index contributed by atoms with van der Waals surface area (Å²) in [5.74, 6) is -0.252. The molecule has 1 aliphatic rings. The van der Waals surface area contributed by atoms with Crippen LogP contribution in [0.3, 0.4) is 0 Å². The van der Waals surface area contributed by atoms with Crippen LogP contribution in [0.25, 0.3) is 6.08 Å². The third-order valence-electron chi connectivity index (χ3n) is 3.28. The lowest BCUT2D eigenvalue weighted by atomic mass is 10.2. The van der Waals surface area contributed by atoms with E-state index < -0.39 is 4.92 Å². The van der Waals surface area contributed by atoms with Crippen molar-refractivity contribution in [3.05, 3.63) is 80.7 Å². The van der Waals surface area contributed by atoms with Crippen LogP contribution in [-0.2, 0) is 11.3 Å². The minimum Gasteiger partial charge on any atom is -0.301 e. The zero-order chi connectivity index (χ0) is 16.9. The zero-order valence-corrected chi connectivity index (χ0v) is 13.3. The maximum Gasteiger partial charge on any atom is 0.270 e. The van der Waals surface area contributed by atoms with Crippen molar-refractivity contribution in [2.24, 2.45) is 4.99 Å². The van der Waals surface area contributed by atoms with Crippen molar-refractivity contribution in [1.29, 1.82) is 0 Å². The Bertz CT molecular complexity index is 847. The van der Waals surface area contributed by atoms with Gasteiger partial charge in [0.2, 0.25) is 0 Å². The zero-order valence-electron chi connectivity index (χ0n) is 12.5. The molecule has 2 aromatic carbocycles. The second-order valence-electron chi connectivity index (χ2n) is 5.02. The summed E-state index contributed by atoms with van der Waals surface area (Å²) in [4.78, 5) is 27.2. The summed E-state index contributed by atoms with van der Waals surface area (Å²) >= 11 is 1.23. The van der Waals surface area contributed by atoms with Crippen molar-refractivity contribution >= 4 is 34.6 Å². The minimum atomic E-state index is -0.462. The largest absolute Gasteiger partial charge is 0.301 e. The van der Waals surface area contributed by atoms with Crippen molar-refractivity contribution in [3.63, 3.8) is 0 Å². The highest BCUT2D eigenvalue weighted by atomic mass is 32.2. The highest BCUT2D eigenvalue weighted by Crippen LogP contribution is 2.27. The number of hydrogen-bond donors (Lipinski definition) is 1. The van der Waals surface area contributed by atoms with Crippen LogP contribution >= 0.6 is 11.8 Å². The summed E-state index contributed by atoms with van der Waals surface area (Å²) < 4.78 is 0. The Balaban J connectivity index is 1.75. The maximum atomic E-state index is 12.0. The average molecular weight is 339 g/mol. The molecule has 7 heteroatoms. The van der Waals surface area contributed by atoms with Gasteiger partial charge >= 0.3 is 0 Å². The third kappa shape index (κ3) is 3.88. The van der Waals surface area contributed by atoms with E-state index >= 15 is 0 Å². The fourth-order valence-corrected chi connectivity index (χ4v) is 2.95. The van der Waals surface area contributed by atoms with Gasteiger partial charge in [-0.25, -0.2) is 0 Å². The van der Waals surface area contributed by atoms with Gasteiger partial charge in [-0.3, -0.25) is 19.9 Å². The normalized spacial score (nSPS) is 17.2. The van der Waals surface area contributed by atoms with Gasteiger partial charge in [-0.2, -0.15) is 0 Å². The van der Waals surface area contributed by atoms with Gasteiger partial charge in [0.05, 0.1) is 16.4 Å². The predicted molar refractivity (Wildman–Crippen MR) is 94.4 cm³/mol. The Morgan fingerprint density at radius 1 is 1.17 bits per heavy atom. The molecule has 6 nitrogen and oxygen atoms in total. The Hall–Kier alpha value is -2.93. The molecule has 1 heterocycles. The molecule has 2 aromatic rings. The molecule has 0 radical (unpaired) electrons. The van der Waals surface area contributed by atoms with Crippen molar-refractivity contribution in [1.82, 2.24) is 5.32 Å². The number of benzene rings is 2. The highest BCUT2D eigenvalue weighted by Gasteiger charge is 2.23. The molecule has 0 spiro atoms. The van der Waals surface area contributed by atoms with Crippen molar-refractivity contribution < 1.29 is 9.72 Å². The molecule has 3 rings (SSSR count). The number of hydrogen-bond acceptors (Lipinski definition) is 5. The van der Waals surface area contributed by atoms with Gasteiger partial charge in [-0.15, -0.1) is 0 Å². The first-order chi connectivity index (χ1) is 11.6. The molecule has 0 bridgehead atoms. The van der Waals surface area contributed by atoms with Crippen LogP contribution in [-0.4, -0.2) is 16.0 Å². The second kappa shape index (κ2) is 7.10. The van der Waals surface area contributed by atoms with Crippen LogP contribution in [0.4, 0.5) is 5.69 Å². The summed E-state index contributed by atoms with van der Waals surface area (Å²) in [6.07, 6.45) is 1.62. The number of carbonyl (C=O) groups is 1. The first-order valence-electron chi connectivity index (χ1n) is 7.15. The Morgan fingerprint density at radius 2 is 1.96 bits per heavy atom. The number of nitro benzene ring substituents is 1. The molecular weight excluding hydrogens is 326 g/mol. The van der Waals surface area contributed by atoms with E-state index in [0.717, 1.165) is 5.56 Å². The first kappa shape index (κ1) is 15.9. The molecule has 0 unspecified atom stereocenters. The van der Waals surface area contributed by atoms with E-state index in [1.54, 1.807) is 18.2 Å². The summed E-state index contributed by atoms with van der Waals surface area (Å²) in [6.45, 7) is 0.480. The molecule has 0 saturated carbocycles. The van der Waals surface area contributed by atoms with Gasteiger partial charge in [0.1, 0.15) is 0 Å². The van der Waals surface area contributed by atoms with Crippen molar-refractivity contribution in [2.45, 2.75) is 6.54 Å². The Morgan fingerprint density at radius 3 is 2.71 bits per heavy atom. The number of nitrogens with one attached hydrogen (secondary N) is 1. The smallest absolute Gasteiger partial charge is 0.270 e. The molecule has 0 aliphatic carbocycles. The van der Waals surface area contributed by atoms with Crippen LogP contribution in [0.1, 0.15) is 11.1 Å². The molecule has 0 atom stereocenters. The van der Waals surface area contributed by atoms with Crippen molar-refractivity contribution in [3.8, 4) is 0 Å². The lowest BCUT2D eigenvalue weighted by molar-refractivity contribution is -0.384. The Labute approximate surface area is 142 Å². The molecular formula is C17H13N3O3S. The topological polar surface area (TPSA) is 84.6 Å². The predicted octanol–water partition coefficient (Wildman–Crippen LogP) is 3.35. The fourth-order valence-electron chi connectivity index (χ4n) is 2.13. The number of aliphatic imine (C=N–C) groups is 1. The van der Waals surface area contributed by atoms with Gasteiger partial charge in [-0.05, 0) is 29.0 Å². The molecule has 0 aromatic heterocycles. The van der Waals surface area contributed by atoms with E-state index in [4.69, 9.17) is 0 Å². The van der Waals surface area contributed by atoms with Crippen LogP contribution in [0.15, 0.2) is 64.5 Å². The third-order valence-corrected chi connectivity index (χ3v) is 4.23. The second-order valence-corrected chi connectivity index (χ2v) is 6.05. The lowest BCUT2D eigenvalue weighted by Crippen LogP contribution is -2.19. The van der Waals surface area contributed by atoms with Crippen LogP contribution < -0.4 is 5.32 Å². The van der Waals surface area contributed by atoms with Gasteiger partial charge in [-0.1, -0.05) is 42.5 Å². The summed E-state index contributed by atoms with van der Waals surface area (Å²) in [7, 11) is 0. The van der Waals surface area contributed by atoms with Gasteiger partial charge < -0.3 is 5.32 Å². The molecule has 1 N–H and O–H groups in total. The summed E-state index contributed by atoms with van der Waals surface area (Å²) in [5.41, 5.74) is 1.65. The summed E-state index contributed by atoms with van der Waals surface area (Å²) in [6, 6.07) is 15.9. The van der Waals surface area contributed by atoms with Crippen LogP contribution in [0.2, 0.25) is 0 Å². The van der Waals surface area contributed by atoms with E-state index in [0.29, 0.717) is 22.2 Å². The van der Waals surface area contributed by atoms with Crippen LogP contribution in [0, 0.1) is 10.1 Å². The lowest BCUT2D eigenvalue weighted by Gasteiger charge is -1.97. The number of non-ortho nitro benzene ring substituents is 1. The summed E-state index contributed by atoms with van der Waals surface area (Å²) in [5, 5.41) is 14.0.